The normalized spacial score (nSPS) is 10.8. The van der Waals surface area contributed by atoms with Crippen molar-refractivity contribution in [3.05, 3.63) is 12.4 Å². The zero-order valence-corrected chi connectivity index (χ0v) is 12.0. The van der Waals surface area contributed by atoms with Crippen LogP contribution in [-0.2, 0) is 4.79 Å². The van der Waals surface area contributed by atoms with E-state index in [-0.39, 0.29) is 11.7 Å². The van der Waals surface area contributed by atoms with Gasteiger partial charge in [0.15, 0.2) is 5.82 Å². The lowest BCUT2D eigenvalue weighted by molar-refractivity contribution is -0.119. The first kappa shape index (κ1) is 15.3. The Bertz CT molecular complexity index is 480. The van der Waals surface area contributed by atoms with Crippen molar-refractivity contribution in [2.45, 2.75) is 37.3 Å². The van der Waals surface area contributed by atoms with Gasteiger partial charge in [-0.25, -0.2) is 9.97 Å². The molecule has 19 heavy (non-hydrogen) atoms. The summed E-state index contributed by atoms with van der Waals surface area (Å²) in [6, 6.07) is 0. The summed E-state index contributed by atoms with van der Waals surface area (Å²) < 4.78 is 0. The molecule has 5 nitrogen and oxygen atoms in total. The summed E-state index contributed by atoms with van der Waals surface area (Å²) in [6.45, 7) is 3.91. The third-order valence-electron chi connectivity index (χ3n) is 2.89. The second-order valence-electron chi connectivity index (χ2n) is 4.02. The second-order valence-corrected chi connectivity index (χ2v) is 4.98. The summed E-state index contributed by atoms with van der Waals surface area (Å²) in [5.41, 5.74) is 5.09. The number of hydrogen-bond donors (Lipinski definition) is 2. The van der Waals surface area contributed by atoms with Gasteiger partial charge in [0.1, 0.15) is 10.6 Å². The van der Waals surface area contributed by atoms with Crippen molar-refractivity contribution in [3.63, 3.8) is 0 Å². The number of thioether (sulfide) groups is 1. The molecular formula is C13H18N4OS. The fraction of sp³-hybridized carbons (Fsp3) is 0.462. The number of anilines is 1. The van der Waals surface area contributed by atoms with Crippen molar-refractivity contribution in [1.29, 1.82) is 0 Å². The molecule has 1 rings (SSSR count). The Balaban J connectivity index is 2.58. The smallest absolute Gasteiger partial charge is 0.231 e. The van der Waals surface area contributed by atoms with Crippen molar-refractivity contribution in [2.24, 2.45) is 0 Å². The number of carbonyl (C=O) groups is 1. The molecule has 0 atom stereocenters. The standard InChI is InChI=1S/C13H18N4OS/c1-4-13(5-2,6-3)17-10(18)9-19-12-11(14)15-7-8-16-12/h1,7-8H,5-6,9H2,2-3H3,(H2,14,15)(H,17,18). The highest BCUT2D eigenvalue weighted by Gasteiger charge is 2.25. The predicted octanol–water partition coefficient (Wildman–Crippen LogP) is 1.46. The van der Waals surface area contributed by atoms with Gasteiger partial charge in [-0.2, -0.15) is 0 Å². The van der Waals surface area contributed by atoms with Gasteiger partial charge in [0.2, 0.25) is 5.91 Å². The van der Waals surface area contributed by atoms with Crippen molar-refractivity contribution in [1.82, 2.24) is 15.3 Å². The molecule has 0 saturated heterocycles. The number of aromatic nitrogens is 2. The molecule has 0 radical (unpaired) electrons. The number of nitrogens with two attached hydrogens (primary N) is 1. The van der Waals surface area contributed by atoms with E-state index in [9.17, 15) is 4.79 Å². The van der Waals surface area contributed by atoms with Crippen LogP contribution in [0.4, 0.5) is 5.82 Å². The van der Waals surface area contributed by atoms with E-state index in [2.05, 4.69) is 21.2 Å². The predicted molar refractivity (Wildman–Crippen MR) is 77.5 cm³/mol. The van der Waals surface area contributed by atoms with Gasteiger partial charge < -0.3 is 11.1 Å². The SMILES string of the molecule is C#CC(CC)(CC)NC(=O)CSc1nccnc1N. The zero-order valence-electron chi connectivity index (χ0n) is 11.1. The molecule has 0 fully saturated rings. The quantitative estimate of drug-likeness (QED) is 0.608. The van der Waals surface area contributed by atoms with E-state index in [0.29, 0.717) is 23.7 Å². The second kappa shape index (κ2) is 7.00. The molecule has 3 N–H and O–H groups in total. The van der Waals surface area contributed by atoms with E-state index in [1.807, 2.05) is 13.8 Å². The third-order valence-corrected chi connectivity index (χ3v) is 3.89. The monoisotopic (exact) mass is 278 g/mol. The highest BCUT2D eigenvalue weighted by Crippen LogP contribution is 2.20. The number of carbonyl (C=O) groups excluding carboxylic acids is 1. The highest BCUT2D eigenvalue weighted by molar-refractivity contribution is 8.00. The molecule has 1 aromatic heterocycles. The lowest BCUT2D eigenvalue weighted by Crippen LogP contribution is -2.47. The summed E-state index contributed by atoms with van der Waals surface area (Å²) >= 11 is 1.25. The Morgan fingerprint density at radius 2 is 2.11 bits per heavy atom. The van der Waals surface area contributed by atoms with E-state index in [4.69, 9.17) is 12.2 Å². The van der Waals surface area contributed by atoms with Crippen LogP contribution in [0.5, 0.6) is 0 Å². The Morgan fingerprint density at radius 3 is 2.63 bits per heavy atom. The fourth-order valence-electron chi connectivity index (χ4n) is 1.55. The molecule has 0 aliphatic carbocycles. The number of hydrogen-bond acceptors (Lipinski definition) is 5. The first-order valence-corrected chi connectivity index (χ1v) is 7.03. The van der Waals surface area contributed by atoms with Crippen molar-refractivity contribution in [3.8, 4) is 12.3 Å². The minimum Gasteiger partial charge on any atom is -0.381 e. The van der Waals surface area contributed by atoms with Crippen LogP contribution in [0.1, 0.15) is 26.7 Å². The Kier molecular flexibility index (Phi) is 5.64. The molecule has 0 aliphatic heterocycles. The number of terminal acetylenes is 1. The Hall–Kier alpha value is -1.74. The highest BCUT2D eigenvalue weighted by atomic mass is 32.2. The molecule has 1 aromatic rings. The molecule has 6 heteroatoms. The molecule has 102 valence electrons. The number of amides is 1. The average molecular weight is 278 g/mol. The molecular weight excluding hydrogens is 260 g/mol. The summed E-state index contributed by atoms with van der Waals surface area (Å²) in [5.74, 6) is 3.08. The molecule has 0 unspecified atom stereocenters. The van der Waals surface area contributed by atoms with Crippen LogP contribution in [0.2, 0.25) is 0 Å². The average Bonchev–Trinajstić information content (AvgIpc) is 2.44. The lowest BCUT2D eigenvalue weighted by atomic mass is 9.94. The first-order chi connectivity index (χ1) is 9.06. The van der Waals surface area contributed by atoms with E-state index >= 15 is 0 Å². The van der Waals surface area contributed by atoms with Crippen molar-refractivity contribution in [2.75, 3.05) is 11.5 Å². The maximum Gasteiger partial charge on any atom is 0.231 e. The van der Waals surface area contributed by atoms with E-state index in [0.717, 1.165) is 0 Å². The minimum absolute atomic E-state index is 0.128. The number of nitrogen functional groups attached to an aromatic ring is 1. The van der Waals surface area contributed by atoms with Gasteiger partial charge in [-0.05, 0) is 12.8 Å². The number of nitrogens with zero attached hydrogens (tertiary/aromatic N) is 2. The maximum atomic E-state index is 11.9. The molecule has 0 aromatic carbocycles. The Morgan fingerprint density at radius 1 is 1.47 bits per heavy atom. The molecule has 0 saturated carbocycles. The summed E-state index contributed by atoms with van der Waals surface area (Å²) in [6.07, 6.45) is 9.94. The fourth-order valence-corrected chi connectivity index (χ4v) is 2.23. The number of nitrogens with one attached hydrogen (secondary N) is 1. The topological polar surface area (TPSA) is 80.9 Å². The van der Waals surface area contributed by atoms with Gasteiger partial charge in [-0.1, -0.05) is 31.5 Å². The zero-order chi connectivity index (χ0) is 14.3. The van der Waals surface area contributed by atoms with Gasteiger partial charge in [-0.3, -0.25) is 4.79 Å². The maximum absolute atomic E-state index is 11.9. The molecule has 0 bridgehead atoms. The molecule has 0 aliphatic rings. The minimum atomic E-state index is -0.564. The van der Waals surface area contributed by atoms with Crippen molar-refractivity contribution >= 4 is 23.5 Å². The van der Waals surface area contributed by atoms with Crippen molar-refractivity contribution < 1.29 is 4.79 Å². The summed E-state index contributed by atoms with van der Waals surface area (Å²) in [5, 5.41) is 3.44. The number of rotatable bonds is 6. The van der Waals surface area contributed by atoms with Gasteiger partial charge in [0, 0.05) is 12.4 Å². The van der Waals surface area contributed by atoms with E-state index in [1.165, 1.54) is 18.0 Å². The molecule has 1 amide bonds. The molecule has 0 spiro atoms. The lowest BCUT2D eigenvalue weighted by Gasteiger charge is -2.26. The summed E-state index contributed by atoms with van der Waals surface area (Å²) in [4.78, 5) is 19.9. The molecule has 1 heterocycles. The largest absolute Gasteiger partial charge is 0.381 e. The van der Waals surface area contributed by atoms with Crippen LogP contribution in [0.3, 0.4) is 0 Å². The van der Waals surface area contributed by atoms with Crippen LogP contribution >= 0.6 is 11.8 Å². The van der Waals surface area contributed by atoms with Gasteiger partial charge in [0.25, 0.3) is 0 Å². The third kappa shape index (κ3) is 4.14. The van der Waals surface area contributed by atoms with E-state index < -0.39 is 5.54 Å². The first-order valence-electron chi connectivity index (χ1n) is 6.05. The van der Waals surface area contributed by atoms with Crippen LogP contribution in [-0.4, -0.2) is 27.2 Å². The van der Waals surface area contributed by atoms with Crippen LogP contribution in [0.25, 0.3) is 0 Å². The van der Waals surface area contributed by atoms with Gasteiger partial charge in [-0.15, -0.1) is 6.42 Å². The van der Waals surface area contributed by atoms with Gasteiger partial charge >= 0.3 is 0 Å². The van der Waals surface area contributed by atoms with Gasteiger partial charge in [0.05, 0.1) is 5.75 Å². The van der Waals surface area contributed by atoms with E-state index in [1.54, 1.807) is 6.20 Å². The Labute approximate surface area is 117 Å². The van der Waals surface area contributed by atoms with Crippen LogP contribution in [0, 0.1) is 12.3 Å². The summed E-state index contributed by atoms with van der Waals surface area (Å²) in [7, 11) is 0. The van der Waals surface area contributed by atoms with Crippen LogP contribution in [0.15, 0.2) is 17.4 Å². The van der Waals surface area contributed by atoms with Crippen LogP contribution < -0.4 is 11.1 Å².